The van der Waals surface area contributed by atoms with Gasteiger partial charge in [0.15, 0.2) is 0 Å². The van der Waals surface area contributed by atoms with E-state index in [1.165, 1.54) is 0 Å². The summed E-state index contributed by atoms with van der Waals surface area (Å²) in [6.07, 6.45) is 0. The van der Waals surface area contributed by atoms with Crippen LogP contribution in [0.15, 0.2) is 60.7 Å². The van der Waals surface area contributed by atoms with Crippen LogP contribution < -0.4 is 10.2 Å². The molecular formula is C24H32N2O3. The molecule has 0 saturated carbocycles. The number of carbonyl (C=O) groups excluding carboxylic acids is 2. The van der Waals surface area contributed by atoms with Crippen LogP contribution in [0.5, 0.6) is 0 Å². The Labute approximate surface area is 174 Å². The van der Waals surface area contributed by atoms with Crippen molar-refractivity contribution < 1.29 is 14.3 Å². The molecule has 0 unspecified atom stereocenters. The van der Waals surface area contributed by atoms with Crippen LogP contribution in [0.3, 0.4) is 0 Å². The van der Waals surface area contributed by atoms with Crippen LogP contribution in [0.2, 0.25) is 0 Å². The predicted octanol–water partition coefficient (Wildman–Crippen LogP) is 4.70. The Bertz CT molecular complexity index is 758. The van der Waals surface area contributed by atoms with E-state index in [2.05, 4.69) is 5.32 Å². The number of hydrogen-bond acceptors (Lipinski definition) is 4. The molecule has 0 bridgehead atoms. The standard InChI is InChI=1S/C24H32N2O3/c1-17(2)21(23(28)29-24(4,5)6)25-22(27)18(3)26(19-13-9-7-10-14-19)20-15-11-8-12-16-20/h7-18,21H,1-6H3,(H,25,27)/t18-,21-/m0/s1/i3-1. The Hall–Kier alpha value is -2.82. The van der Waals surface area contributed by atoms with Gasteiger partial charge < -0.3 is 15.0 Å². The molecule has 2 aromatic rings. The van der Waals surface area contributed by atoms with Crippen LogP contribution in [0.1, 0.15) is 41.5 Å². The van der Waals surface area contributed by atoms with Crippen LogP contribution in [-0.4, -0.2) is 29.6 Å². The molecule has 0 radical (unpaired) electrons. The van der Waals surface area contributed by atoms with Crippen molar-refractivity contribution in [3.8, 4) is 0 Å². The van der Waals surface area contributed by atoms with Crippen LogP contribution >= 0.6 is 0 Å². The van der Waals surface area contributed by atoms with Crippen LogP contribution in [0, 0.1) is 5.92 Å². The second-order valence-electron chi connectivity index (χ2n) is 8.48. The van der Waals surface area contributed by atoms with Crippen molar-refractivity contribution in [1.82, 2.24) is 5.32 Å². The summed E-state index contributed by atoms with van der Waals surface area (Å²) in [6.45, 7) is 11.1. The Balaban J connectivity index is 2.27. The molecule has 5 heteroatoms. The highest BCUT2D eigenvalue weighted by Gasteiger charge is 2.32. The molecule has 2 rings (SSSR count). The Morgan fingerprint density at radius 1 is 0.862 bits per heavy atom. The zero-order valence-corrected chi connectivity index (χ0v) is 18.2. The fourth-order valence-electron chi connectivity index (χ4n) is 3.03. The third-order valence-electron chi connectivity index (χ3n) is 4.46. The number of benzene rings is 2. The third kappa shape index (κ3) is 6.34. The quantitative estimate of drug-likeness (QED) is 0.691. The first-order valence-corrected chi connectivity index (χ1v) is 10.0. The molecule has 0 saturated heterocycles. The molecule has 156 valence electrons. The molecule has 29 heavy (non-hydrogen) atoms. The summed E-state index contributed by atoms with van der Waals surface area (Å²) >= 11 is 0. The molecule has 0 aliphatic heterocycles. The lowest BCUT2D eigenvalue weighted by molar-refractivity contribution is -0.160. The average molecular weight is 396 g/mol. The average Bonchev–Trinajstić information content (AvgIpc) is 2.66. The first-order valence-electron chi connectivity index (χ1n) is 10.0. The maximum absolute atomic E-state index is 13.2. The van der Waals surface area contributed by atoms with E-state index >= 15 is 0 Å². The van der Waals surface area contributed by atoms with Gasteiger partial charge in [-0.1, -0.05) is 50.2 Å². The summed E-state index contributed by atoms with van der Waals surface area (Å²) < 4.78 is 5.50. The molecule has 1 amide bonds. The number of esters is 1. The van der Waals surface area contributed by atoms with E-state index in [4.69, 9.17) is 4.74 Å². The topological polar surface area (TPSA) is 58.6 Å². The number of rotatable bonds is 7. The number of hydrogen-bond donors (Lipinski definition) is 1. The van der Waals surface area contributed by atoms with Gasteiger partial charge in [0.2, 0.25) is 5.91 Å². The predicted molar refractivity (Wildman–Crippen MR) is 117 cm³/mol. The van der Waals surface area contributed by atoms with Gasteiger partial charge in [-0.15, -0.1) is 0 Å². The molecular weight excluding hydrogens is 363 g/mol. The van der Waals surface area contributed by atoms with Gasteiger partial charge in [0.1, 0.15) is 17.7 Å². The van der Waals surface area contributed by atoms with E-state index in [-0.39, 0.29) is 11.8 Å². The first kappa shape index (κ1) is 22.5. The second-order valence-corrected chi connectivity index (χ2v) is 8.48. The molecule has 0 aliphatic carbocycles. The number of anilines is 2. The van der Waals surface area contributed by atoms with Gasteiger partial charge in [-0.3, -0.25) is 4.79 Å². The molecule has 2 atom stereocenters. The molecule has 0 spiro atoms. The molecule has 2 aromatic carbocycles. The van der Waals surface area contributed by atoms with Crippen molar-refractivity contribution in [2.24, 2.45) is 5.92 Å². The van der Waals surface area contributed by atoms with Crippen molar-refractivity contribution >= 4 is 23.3 Å². The first-order chi connectivity index (χ1) is 13.6. The highest BCUT2D eigenvalue weighted by molar-refractivity contribution is 5.91. The molecule has 5 nitrogen and oxygen atoms in total. The maximum atomic E-state index is 13.2. The highest BCUT2D eigenvalue weighted by atomic mass is 16.6. The maximum Gasteiger partial charge on any atom is 0.329 e. The largest absolute Gasteiger partial charge is 0.458 e. The molecule has 0 aromatic heterocycles. The summed E-state index contributed by atoms with van der Waals surface area (Å²) in [7, 11) is 0. The van der Waals surface area contributed by atoms with Gasteiger partial charge in [-0.2, -0.15) is 0 Å². The molecule has 0 heterocycles. The minimum atomic E-state index is -0.711. The van der Waals surface area contributed by atoms with E-state index < -0.39 is 23.7 Å². The smallest absolute Gasteiger partial charge is 0.329 e. The highest BCUT2D eigenvalue weighted by Crippen LogP contribution is 2.27. The monoisotopic (exact) mass is 395 g/mol. The van der Waals surface area contributed by atoms with Crippen molar-refractivity contribution in [3.63, 3.8) is 0 Å². The summed E-state index contributed by atoms with van der Waals surface area (Å²) in [6, 6.07) is 18.2. The zero-order valence-electron chi connectivity index (χ0n) is 18.2. The second kappa shape index (κ2) is 9.59. The minimum Gasteiger partial charge on any atom is -0.458 e. The van der Waals surface area contributed by atoms with Crippen LogP contribution in [0.25, 0.3) is 0 Å². The Kier molecular flexibility index (Phi) is 7.43. The zero-order chi connectivity index (χ0) is 21.6. The molecule has 0 aliphatic rings. The number of nitrogens with zero attached hydrogens (tertiary/aromatic N) is 1. The van der Waals surface area contributed by atoms with Crippen LogP contribution in [0.4, 0.5) is 11.4 Å². The van der Waals surface area contributed by atoms with Gasteiger partial charge in [0.05, 0.1) is 0 Å². The van der Waals surface area contributed by atoms with Gasteiger partial charge >= 0.3 is 5.97 Å². The van der Waals surface area contributed by atoms with Gasteiger partial charge in [-0.05, 0) is 57.9 Å². The normalized spacial score (nSPS) is 13.5. The van der Waals surface area contributed by atoms with E-state index in [9.17, 15) is 9.59 Å². The van der Waals surface area contributed by atoms with Crippen LogP contribution in [-0.2, 0) is 14.3 Å². The minimum absolute atomic E-state index is 0.0945. The van der Waals surface area contributed by atoms with E-state index in [0.717, 1.165) is 11.4 Å². The van der Waals surface area contributed by atoms with Crippen molar-refractivity contribution in [2.45, 2.75) is 59.2 Å². The van der Waals surface area contributed by atoms with Gasteiger partial charge in [0, 0.05) is 11.4 Å². The number of nitrogens with one attached hydrogen (secondary N) is 1. The number of ether oxygens (including phenoxy) is 1. The summed E-state index contributed by atoms with van der Waals surface area (Å²) in [4.78, 5) is 27.7. The SMILES string of the molecule is CC(C)[C@H](NC(=O)[C@H]([11CH3])N(c1ccccc1)c1ccccc1)C(=O)OC(C)(C)C. The lowest BCUT2D eigenvalue weighted by atomic mass is 9.97. The summed E-state index contributed by atoms with van der Waals surface area (Å²) in [5.41, 5.74) is 1.19. The van der Waals surface area contributed by atoms with Gasteiger partial charge in [0.25, 0.3) is 0 Å². The van der Waals surface area contributed by atoms with Gasteiger partial charge in [-0.25, -0.2) is 4.79 Å². The number of carbonyl (C=O) groups is 2. The molecule has 1 N–H and O–H groups in total. The fourth-order valence-corrected chi connectivity index (χ4v) is 3.03. The summed E-state index contributed by atoms with van der Waals surface area (Å²) in [5, 5.41) is 2.90. The van der Waals surface area contributed by atoms with Crippen molar-refractivity contribution in [2.75, 3.05) is 4.90 Å². The van der Waals surface area contributed by atoms with E-state index in [1.807, 2.05) is 107 Å². The van der Waals surface area contributed by atoms with Crippen molar-refractivity contribution in [1.29, 1.82) is 0 Å². The lowest BCUT2D eigenvalue weighted by Crippen LogP contribution is -2.52. The summed E-state index contributed by atoms with van der Waals surface area (Å²) in [5.74, 6) is -0.746. The molecule has 0 fully saturated rings. The Morgan fingerprint density at radius 3 is 1.69 bits per heavy atom. The lowest BCUT2D eigenvalue weighted by Gasteiger charge is -2.33. The third-order valence-corrected chi connectivity index (χ3v) is 4.46. The van der Waals surface area contributed by atoms with E-state index in [1.54, 1.807) is 0 Å². The number of amides is 1. The number of para-hydroxylation sites is 2. The van der Waals surface area contributed by atoms with Crippen molar-refractivity contribution in [3.05, 3.63) is 60.7 Å². The fraction of sp³-hybridized carbons (Fsp3) is 0.417. The van der Waals surface area contributed by atoms with E-state index in [0.29, 0.717) is 0 Å². The Morgan fingerprint density at radius 2 is 1.31 bits per heavy atom.